The molecule has 0 heterocycles. The molecule has 0 saturated carbocycles. The van der Waals surface area contributed by atoms with E-state index in [0.717, 1.165) is 0 Å². The van der Waals surface area contributed by atoms with E-state index in [1.807, 2.05) is 0 Å². The number of hydrogen-bond acceptors (Lipinski definition) is 9. The zero-order valence-electron chi connectivity index (χ0n) is 13.1. The highest BCUT2D eigenvalue weighted by molar-refractivity contribution is 5.87. The maximum absolute atomic E-state index is 11.5. The number of aliphatic hydroxyl groups is 6. The zero-order valence-corrected chi connectivity index (χ0v) is 13.1. The first kappa shape index (κ1) is 21.8. The number of carbonyl (C=O) groups excluding carboxylic acids is 1. The van der Waals surface area contributed by atoms with Gasteiger partial charge in [0.1, 0.15) is 6.61 Å². The molecule has 0 spiro atoms. The van der Waals surface area contributed by atoms with E-state index in [1.54, 1.807) is 0 Å². The SMILES string of the molecule is C/C(=C\O)C(=O)OCC(CO)(CO)COCC(CO)(CO)CO. The minimum absolute atomic E-state index is 0.0458. The first-order valence-electron chi connectivity index (χ1n) is 6.98. The van der Waals surface area contributed by atoms with E-state index in [0.29, 0.717) is 6.26 Å². The van der Waals surface area contributed by atoms with Gasteiger partial charge in [0.15, 0.2) is 0 Å². The molecule has 0 radical (unpaired) electrons. The highest BCUT2D eigenvalue weighted by atomic mass is 16.5. The fraction of sp³-hybridized carbons (Fsp3) is 0.786. The number of carbonyl (C=O) groups is 1. The molecule has 0 atom stereocenters. The van der Waals surface area contributed by atoms with Crippen molar-refractivity contribution < 1.29 is 44.9 Å². The maximum atomic E-state index is 11.5. The van der Waals surface area contributed by atoms with Gasteiger partial charge in [-0.3, -0.25) is 0 Å². The summed E-state index contributed by atoms with van der Waals surface area (Å²) < 4.78 is 10.2. The normalized spacial score (nSPS) is 13.2. The molecule has 0 saturated heterocycles. The predicted molar refractivity (Wildman–Crippen MR) is 78.5 cm³/mol. The molecule has 0 aromatic carbocycles. The largest absolute Gasteiger partial charge is 0.515 e. The van der Waals surface area contributed by atoms with Gasteiger partial charge in [-0.2, -0.15) is 0 Å². The fourth-order valence-corrected chi connectivity index (χ4v) is 1.43. The Hall–Kier alpha value is -1.23. The monoisotopic (exact) mass is 338 g/mol. The molecule has 0 rings (SSSR count). The number of rotatable bonds is 12. The number of esters is 1. The number of aliphatic hydroxyl groups excluding tert-OH is 6. The van der Waals surface area contributed by atoms with Crippen LogP contribution in [0.15, 0.2) is 11.8 Å². The predicted octanol–water partition coefficient (Wildman–Crippen LogP) is -2.06. The van der Waals surface area contributed by atoms with Crippen LogP contribution in [0, 0.1) is 10.8 Å². The van der Waals surface area contributed by atoms with E-state index in [9.17, 15) is 30.3 Å². The molecule has 0 aliphatic heterocycles. The molecule has 0 aromatic rings. The summed E-state index contributed by atoms with van der Waals surface area (Å²) in [6, 6.07) is 0. The molecule has 9 nitrogen and oxygen atoms in total. The first-order chi connectivity index (χ1) is 10.9. The van der Waals surface area contributed by atoms with Crippen LogP contribution in [0.4, 0.5) is 0 Å². The van der Waals surface area contributed by atoms with Gasteiger partial charge < -0.3 is 40.1 Å². The standard InChI is InChI=1S/C14H26O9/c1-11(2-15)12(21)23-10-14(6-19,7-20)9-22-8-13(3-16,4-17)5-18/h2,15-20H,3-10H2,1H3/b11-2+. The van der Waals surface area contributed by atoms with Crippen LogP contribution >= 0.6 is 0 Å². The molecule has 6 N–H and O–H groups in total. The van der Waals surface area contributed by atoms with Crippen LogP contribution in [-0.2, 0) is 14.3 Å². The van der Waals surface area contributed by atoms with Crippen LogP contribution in [0.2, 0.25) is 0 Å². The second-order valence-electron chi connectivity index (χ2n) is 5.67. The van der Waals surface area contributed by atoms with Crippen molar-refractivity contribution in [3.05, 3.63) is 11.8 Å². The van der Waals surface area contributed by atoms with Crippen molar-refractivity contribution in [2.24, 2.45) is 10.8 Å². The molecule has 0 unspecified atom stereocenters. The van der Waals surface area contributed by atoms with Crippen molar-refractivity contribution in [3.8, 4) is 0 Å². The molecule has 0 aliphatic carbocycles. The van der Waals surface area contributed by atoms with Crippen molar-refractivity contribution in [2.75, 3.05) is 52.9 Å². The quantitative estimate of drug-likeness (QED) is 0.134. The lowest BCUT2D eigenvalue weighted by atomic mass is 9.90. The molecule has 136 valence electrons. The number of hydrogen-bond donors (Lipinski definition) is 6. The lowest BCUT2D eigenvalue weighted by Crippen LogP contribution is -2.44. The van der Waals surface area contributed by atoms with Gasteiger partial charge in [0.25, 0.3) is 0 Å². The lowest BCUT2D eigenvalue weighted by molar-refractivity contribution is -0.150. The van der Waals surface area contributed by atoms with Crippen LogP contribution in [0.1, 0.15) is 6.92 Å². The van der Waals surface area contributed by atoms with Crippen LogP contribution in [0.25, 0.3) is 0 Å². The summed E-state index contributed by atoms with van der Waals surface area (Å²) in [4.78, 5) is 11.5. The molecule has 0 amide bonds. The zero-order chi connectivity index (χ0) is 17.9. The van der Waals surface area contributed by atoms with Crippen molar-refractivity contribution in [1.29, 1.82) is 0 Å². The topological polar surface area (TPSA) is 157 Å². The van der Waals surface area contributed by atoms with E-state index < -0.39 is 49.8 Å². The smallest absolute Gasteiger partial charge is 0.336 e. The Morgan fingerprint density at radius 1 is 0.870 bits per heavy atom. The lowest BCUT2D eigenvalue weighted by Gasteiger charge is -2.32. The fourth-order valence-electron chi connectivity index (χ4n) is 1.43. The Kier molecular flexibility index (Phi) is 9.96. The average Bonchev–Trinajstić information content (AvgIpc) is 2.61. The van der Waals surface area contributed by atoms with E-state index >= 15 is 0 Å². The Labute approximate surface area is 134 Å². The minimum atomic E-state index is -1.29. The third kappa shape index (κ3) is 6.42. The van der Waals surface area contributed by atoms with Crippen LogP contribution in [-0.4, -0.2) is 89.5 Å². The van der Waals surface area contributed by atoms with E-state index in [4.69, 9.17) is 14.6 Å². The second kappa shape index (κ2) is 10.5. The molecule has 0 bridgehead atoms. The number of ether oxygens (including phenoxy) is 2. The van der Waals surface area contributed by atoms with Crippen molar-refractivity contribution in [2.45, 2.75) is 6.92 Å². The van der Waals surface area contributed by atoms with Gasteiger partial charge in [-0.15, -0.1) is 0 Å². The second-order valence-corrected chi connectivity index (χ2v) is 5.67. The summed E-state index contributed by atoms with van der Waals surface area (Å²) >= 11 is 0. The molecule has 0 aliphatic rings. The first-order valence-corrected chi connectivity index (χ1v) is 6.98. The average molecular weight is 338 g/mol. The maximum Gasteiger partial charge on any atom is 0.336 e. The van der Waals surface area contributed by atoms with Crippen LogP contribution in [0.3, 0.4) is 0 Å². The van der Waals surface area contributed by atoms with E-state index in [1.165, 1.54) is 6.92 Å². The van der Waals surface area contributed by atoms with E-state index in [-0.39, 0.29) is 25.4 Å². The molecule has 0 aromatic heterocycles. The summed E-state index contributed by atoms with van der Waals surface area (Å²) in [6.07, 6.45) is 0.580. The van der Waals surface area contributed by atoms with Crippen molar-refractivity contribution in [3.63, 3.8) is 0 Å². The van der Waals surface area contributed by atoms with Crippen molar-refractivity contribution in [1.82, 2.24) is 0 Å². The van der Waals surface area contributed by atoms with Crippen LogP contribution < -0.4 is 0 Å². The van der Waals surface area contributed by atoms with Gasteiger partial charge in [-0.1, -0.05) is 0 Å². The molecule has 23 heavy (non-hydrogen) atoms. The highest BCUT2D eigenvalue weighted by Crippen LogP contribution is 2.21. The van der Waals surface area contributed by atoms with E-state index in [2.05, 4.69) is 0 Å². The summed E-state index contributed by atoms with van der Waals surface area (Å²) in [6.45, 7) is -2.14. The highest BCUT2D eigenvalue weighted by Gasteiger charge is 2.34. The van der Waals surface area contributed by atoms with Gasteiger partial charge in [0.05, 0.1) is 68.9 Å². The minimum Gasteiger partial charge on any atom is -0.515 e. The Morgan fingerprint density at radius 2 is 1.30 bits per heavy atom. The van der Waals surface area contributed by atoms with Gasteiger partial charge in [-0.05, 0) is 6.92 Å². The molecule has 9 heteroatoms. The third-order valence-electron chi connectivity index (χ3n) is 3.52. The molecule has 0 fully saturated rings. The Morgan fingerprint density at radius 3 is 1.70 bits per heavy atom. The van der Waals surface area contributed by atoms with Crippen LogP contribution in [0.5, 0.6) is 0 Å². The Balaban J connectivity index is 4.69. The third-order valence-corrected chi connectivity index (χ3v) is 3.52. The summed E-state index contributed by atoms with van der Waals surface area (Å²) in [5, 5.41) is 55.1. The molecular weight excluding hydrogens is 312 g/mol. The van der Waals surface area contributed by atoms with Crippen molar-refractivity contribution >= 4 is 5.97 Å². The van der Waals surface area contributed by atoms with Gasteiger partial charge in [0, 0.05) is 0 Å². The van der Waals surface area contributed by atoms with Gasteiger partial charge in [-0.25, -0.2) is 4.79 Å². The van der Waals surface area contributed by atoms with Gasteiger partial charge >= 0.3 is 5.97 Å². The summed E-state index contributed by atoms with van der Waals surface area (Å²) in [5.41, 5.74) is -2.59. The summed E-state index contributed by atoms with van der Waals surface area (Å²) in [5.74, 6) is -0.811. The molecular formula is C14H26O9. The summed E-state index contributed by atoms with van der Waals surface area (Å²) in [7, 11) is 0. The van der Waals surface area contributed by atoms with Gasteiger partial charge in [0.2, 0.25) is 0 Å². The Bertz CT molecular complexity index is 364.